The van der Waals surface area contributed by atoms with Gasteiger partial charge in [-0.1, -0.05) is 41.1 Å². The van der Waals surface area contributed by atoms with E-state index in [2.05, 4.69) is 38.7 Å². The van der Waals surface area contributed by atoms with Crippen molar-refractivity contribution < 1.29 is 18.3 Å². The molecule has 3 atom stereocenters. The Kier molecular flexibility index (Phi) is 7.67. The van der Waals surface area contributed by atoms with Crippen LogP contribution in [0.1, 0.15) is 59.7 Å². The molecule has 6 rings (SSSR count). The van der Waals surface area contributed by atoms with E-state index in [-0.39, 0.29) is 30.0 Å². The van der Waals surface area contributed by atoms with Crippen LogP contribution in [0, 0.1) is 6.92 Å². The van der Waals surface area contributed by atoms with Crippen LogP contribution in [0.3, 0.4) is 0 Å². The van der Waals surface area contributed by atoms with Gasteiger partial charge in [-0.05, 0) is 74.4 Å². The Balaban J connectivity index is 1.20. The lowest BCUT2D eigenvalue weighted by molar-refractivity contribution is -0.124. The largest absolute Gasteiger partial charge is 0.395 e. The number of sulfonamides is 1. The number of benzene rings is 2. The Labute approximate surface area is 240 Å². The molecule has 1 aliphatic carbocycles. The quantitative estimate of drug-likeness (QED) is 0.423. The standard InChI is InChI=1S/C30H36N6O4S/c1-21-7-10-26(11-8-21)41(39,40)36-15-13-31-30(38)29(36)17-24-19-35(33-32-24)28-6-2-4-23-16-22(9-12-27(23)28)18-34-14-3-5-25(34)20-37/h7-13,15-16,19,25,28-29,37H,2-6,14,17-18,20H2,1H3,(H,31,38)/t25-,28-,29-/m1/s1. The van der Waals surface area contributed by atoms with Gasteiger partial charge in [0.05, 0.1) is 23.2 Å². The van der Waals surface area contributed by atoms with Gasteiger partial charge in [0.2, 0.25) is 5.91 Å². The fraction of sp³-hybridized carbons (Fsp3) is 0.433. The lowest BCUT2D eigenvalue weighted by Gasteiger charge is -2.31. The summed E-state index contributed by atoms with van der Waals surface area (Å²) in [7, 11) is -3.94. The van der Waals surface area contributed by atoms with E-state index in [1.165, 1.54) is 29.1 Å². The summed E-state index contributed by atoms with van der Waals surface area (Å²) in [6, 6.07) is 12.5. The van der Waals surface area contributed by atoms with Gasteiger partial charge in [-0.3, -0.25) is 14.0 Å². The third kappa shape index (κ3) is 5.53. The van der Waals surface area contributed by atoms with E-state index >= 15 is 0 Å². The summed E-state index contributed by atoms with van der Waals surface area (Å²) in [5, 5.41) is 21.1. The van der Waals surface area contributed by atoms with Crippen LogP contribution in [0.4, 0.5) is 0 Å². The number of carbonyl (C=O) groups is 1. The molecule has 2 aromatic carbocycles. The second-order valence-corrected chi connectivity index (χ2v) is 13.1. The summed E-state index contributed by atoms with van der Waals surface area (Å²) < 4.78 is 29.9. The van der Waals surface area contributed by atoms with E-state index in [0.29, 0.717) is 5.69 Å². The maximum Gasteiger partial charge on any atom is 0.264 e. The third-order valence-electron chi connectivity index (χ3n) is 8.52. The number of likely N-dealkylation sites (tertiary alicyclic amines) is 1. The van der Waals surface area contributed by atoms with Crippen LogP contribution in [0.5, 0.6) is 0 Å². The second-order valence-electron chi connectivity index (χ2n) is 11.3. The van der Waals surface area contributed by atoms with Crippen LogP contribution in [-0.2, 0) is 34.2 Å². The molecule has 216 valence electrons. The highest BCUT2D eigenvalue weighted by Gasteiger charge is 2.36. The Bertz CT molecular complexity index is 1550. The van der Waals surface area contributed by atoms with Gasteiger partial charge < -0.3 is 10.4 Å². The van der Waals surface area contributed by atoms with Gasteiger partial charge >= 0.3 is 0 Å². The molecule has 0 bridgehead atoms. The number of nitrogens with zero attached hydrogens (tertiary/aromatic N) is 5. The Morgan fingerprint density at radius 1 is 1.10 bits per heavy atom. The molecule has 3 heterocycles. The van der Waals surface area contributed by atoms with Crippen molar-refractivity contribution in [3.05, 3.63) is 89.0 Å². The van der Waals surface area contributed by atoms with Crippen molar-refractivity contribution in [2.75, 3.05) is 13.2 Å². The average molecular weight is 577 g/mol. The highest BCUT2D eigenvalue weighted by Crippen LogP contribution is 2.34. The summed E-state index contributed by atoms with van der Waals surface area (Å²) in [6.45, 7) is 3.96. The molecule has 2 N–H and O–H groups in total. The van der Waals surface area contributed by atoms with Crippen LogP contribution in [0.15, 0.2) is 66.0 Å². The number of aliphatic hydroxyl groups excluding tert-OH is 1. The number of aliphatic hydroxyl groups is 1. The van der Waals surface area contributed by atoms with E-state index in [1.54, 1.807) is 24.3 Å². The zero-order valence-corrected chi connectivity index (χ0v) is 24.0. The number of hydrogen-bond donors (Lipinski definition) is 2. The van der Waals surface area contributed by atoms with Gasteiger partial charge in [-0.2, -0.15) is 0 Å². The van der Waals surface area contributed by atoms with E-state index in [0.717, 1.165) is 55.1 Å². The number of carbonyl (C=O) groups excluding carboxylic acids is 1. The maximum absolute atomic E-state index is 13.4. The Hall–Kier alpha value is -3.54. The predicted molar refractivity (Wildman–Crippen MR) is 153 cm³/mol. The molecule has 3 aliphatic rings. The molecule has 1 amide bonds. The molecule has 11 heteroatoms. The molecule has 1 aromatic heterocycles. The van der Waals surface area contributed by atoms with E-state index in [4.69, 9.17) is 0 Å². The molecule has 0 unspecified atom stereocenters. The molecule has 3 aromatic rings. The van der Waals surface area contributed by atoms with Crippen molar-refractivity contribution >= 4 is 15.9 Å². The van der Waals surface area contributed by atoms with Crippen molar-refractivity contribution in [2.45, 2.75) is 75.0 Å². The van der Waals surface area contributed by atoms with Gasteiger partial charge in [0.15, 0.2) is 0 Å². The first kappa shape index (κ1) is 27.6. The number of aryl methyl sites for hydroxylation is 2. The fourth-order valence-corrected chi connectivity index (χ4v) is 7.74. The van der Waals surface area contributed by atoms with Crippen LogP contribution >= 0.6 is 0 Å². The molecule has 41 heavy (non-hydrogen) atoms. The summed E-state index contributed by atoms with van der Waals surface area (Å²) in [5.41, 5.74) is 5.29. The smallest absolute Gasteiger partial charge is 0.264 e. The first-order valence-electron chi connectivity index (χ1n) is 14.3. The van der Waals surface area contributed by atoms with Crippen LogP contribution in [0.2, 0.25) is 0 Å². The first-order chi connectivity index (χ1) is 19.8. The normalized spacial score (nSPS) is 23.0. The number of aromatic nitrogens is 3. The number of nitrogens with one attached hydrogen (secondary N) is 1. The Morgan fingerprint density at radius 2 is 1.93 bits per heavy atom. The van der Waals surface area contributed by atoms with Crippen molar-refractivity contribution in [2.24, 2.45) is 0 Å². The highest BCUT2D eigenvalue weighted by molar-refractivity contribution is 7.89. The highest BCUT2D eigenvalue weighted by atomic mass is 32.2. The first-order valence-corrected chi connectivity index (χ1v) is 15.7. The minimum absolute atomic E-state index is 0.0264. The number of rotatable bonds is 8. The van der Waals surface area contributed by atoms with E-state index < -0.39 is 22.0 Å². The van der Waals surface area contributed by atoms with E-state index in [9.17, 15) is 18.3 Å². The second kappa shape index (κ2) is 11.4. The lowest BCUT2D eigenvalue weighted by atomic mass is 9.86. The van der Waals surface area contributed by atoms with Gasteiger partial charge in [0.25, 0.3) is 10.0 Å². The predicted octanol–water partition coefficient (Wildman–Crippen LogP) is 2.67. The van der Waals surface area contributed by atoms with Gasteiger partial charge in [0, 0.05) is 37.6 Å². The van der Waals surface area contributed by atoms with E-state index in [1.807, 2.05) is 17.8 Å². The average Bonchev–Trinajstić information content (AvgIpc) is 3.63. The SMILES string of the molecule is Cc1ccc(S(=O)(=O)N2C=CNC(=O)[C@H]2Cc2cn([C@@H]3CCCc4cc(CN5CCC[C@@H]5CO)ccc43)nn2)cc1. The molecule has 1 fully saturated rings. The minimum Gasteiger partial charge on any atom is -0.395 e. The van der Waals surface area contributed by atoms with Crippen LogP contribution in [-0.4, -0.2) is 68.9 Å². The van der Waals surface area contributed by atoms with Gasteiger partial charge in [-0.15, -0.1) is 5.10 Å². The molecule has 0 saturated carbocycles. The molecule has 2 aliphatic heterocycles. The number of hydrogen-bond acceptors (Lipinski definition) is 7. The molecule has 10 nitrogen and oxygen atoms in total. The third-order valence-corrected chi connectivity index (χ3v) is 10.3. The Morgan fingerprint density at radius 3 is 2.73 bits per heavy atom. The zero-order chi connectivity index (χ0) is 28.6. The summed E-state index contributed by atoms with van der Waals surface area (Å²) in [5.74, 6) is -0.408. The summed E-state index contributed by atoms with van der Waals surface area (Å²) in [4.78, 5) is 15.4. The van der Waals surface area contributed by atoms with Crippen molar-refractivity contribution in [3.8, 4) is 0 Å². The fourth-order valence-electron chi connectivity index (χ4n) is 6.29. The van der Waals surface area contributed by atoms with Crippen LogP contribution in [0.25, 0.3) is 0 Å². The molecule has 1 saturated heterocycles. The van der Waals surface area contributed by atoms with Gasteiger partial charge in [0.1, 0.15) is 6.04 Å². The van der Waals surface area contributed by atoms with Crippen molar-refractivity contribution in [1.29, 1.82) is 0 Å². The lowest BCUT2D eigenvalue weighted by Crippen LogP contribution is -2.50. The zero-order valence-electron chi connectivity index (χ0n) is 23.2. The molecule has 0 radical (unpaired) electrons. The monoisotopic (exact) mass is 576 g/mol. The maximum atomic E-state index is 13.4. The topological polar surface area (TPSA) is 121 Å². The molecular formula is C30H36N6O4S. The number of fused-ring (bicyclic) bond motifs is 1. The number of amides is 1. The van der Waals surface area contributed by atoms with Gasteiger partial charge in [-0.25, -0.2) is 13.1 Å². The summed E-state index contributed by atoms with van der Waals surface area (Å²) in [6.07, 6.45) is 9.81. The van der Waals surface area contributed by atoms with Crippen molar-refractivity contribution in [1.82, 2.24) is 29.5 Å². The summed E-state index contributed by atoms with van der Waals surface area (Å²) >= 11 is 0. The molecular weight excluding hydrogens is 540 g/mol. The minimum atomic E-state index is -3.94. The van der Waals surface area contributed by atoms with Crippen molar-refractivity contribution in [3.63, 3.8) is 0 Å². The van der Waals surface area contributed by atoms with Crippen LogP contribution < -0.4 is 5.32 Å². The molecule has 0 spiro atoms.